The van der Waals surface area contributed by atoms with Gasteiger partial charge in [0.2, 0.25) is 21.8 Å². The summed E-state index contributed by atoms with van der Waals surface area (Å²) >= 11 is 12.9. The van der Waals surface area contributed by atoms with Gasteiger partial charge >= 0.3 is 0 Å². The summed E-state index contributed by atoms with van der Waals surface area (Å²) in [6, 6.07) is 22.5. The van der Waals surface area contributed by atoms with Gasteiger partial charge in [0.15, 0.2) is 0 Å². The molecular weight excluding hydrogens is 557 g/mol. The highest BCUT2D eigenvalue weighted by Gasteiger charge is 2.31. The van der Waals surface area contributed by atoms with Crippen LogP contribution in [0.2, 0.25) is 10.0 Å². The first kappa shape index (κ1) is 30.5. The van der Waals surface area contributed by atoms with Gasteiger partial charge in [0.05, 0.1) is 11.9 Å². The lowest BCUT2D eigenvalue weighted by molar-refractivity contribution is -0.141. The van der Waals surface area contributed by atoms with E-state index in [1.807, 2.05) is 37.3 Å². The lowest BCUT2D eigenvalue weighted by Crippen LogP contribution is -2.50. The summed E-state index contributed by atoms with van der Waals surface area (Å²) in [6.07, 6.45) is 1.70. The van der Waals surface area contributed by atoms with Crippen molar-refractivity contribution in [3.63, 3.8) is 0 Å². The van der Waals surface area contributed by atoms with Crippen molar-refractivity contribution in [1.29, 1.82) is 0 Å². The molecule has 0 spiro atoms. The highest BCUT2D eigenvalue weighted by Crippen LogP contribution is 2.28. The van der Waals surface area contributed by atoms with Crippen molar-refractivity contribution in [3.05, 3.63) is 100 Å². The molecule has 208 valence electrons. The Morgan fingerprint density at radius 2 is 1.49 bits per heavy atom. The summed E-state index contributed by atoms with van der Waals surface area (Å²) in [5, 5.41) is 3.63. The number of anilines is 1. The van der Waals surface area contributed by atoms with Crippen LogP contribution >= 0.6 is 23.2 Å². The van der Waals surface area contributed by atoms with E-state index in [9.17, 15) is 18.0 Å². The van der Waals surface area contributed by atoms with Crippen LogP contribution in [0.4, 0.5) is 5.69 Å². The van der Waals surface area contributed by atoms with Crippen molar-refractivity contribution in [3.8, 4) is 0 Å². The number of amides is 2. The van der Waals surface area contributed by atoms with Crippen molar-refractivity contribution < 1.29 is 18.0 Å². The van der Waals surface area contributed by atoms with Crippen LogP contribution in [-0.2, 0) is 32.6 Å². The summed E-state index contributed by atoms with van der Waals surface area (Å²) in [6.45, 7) is 2.36. The zero-order valence-electron chi connectivity index (χ0n) is 22.0. The number of carbonyl (C=O) groups is 2. The second-order valence-electron chi connectivity index (χ2n) is 9.10. The molecule has 3 aromatic carbocycles. The first-order valence-corrected chi connectivity index (χ1v) is 15.3. The molecule has 3 rings (SSSR count). The van der Waals surface area contributed by atoms with Crippen molar-refractivity contribution >= 4 is 50.7 Å². The molecule has 0 heterocycles. The minimum absolute atomic E-state index is 0.0195. The van der Waals surface area contributed by atoms with Gasteiger partial charge in [0.1, 0.15) is 6.04 Å². The molecule has 1 atom stereocenters. The van der Waals surface area contributed by atoms with E-state index in [1.165, 1.54) is 9.21 Å². The van der Waals surface area contributed by atoms with Gasteiger partial charge < -0.3 is 10.2 Å². The van der Waals surface area contributed by atoms with Crippen LogP contribution in [0.3, 0.4) is 0 Å². The fourth-order valence-corrected chi connectivity index (χ4v) is 5.78. The predicted molar refractivity (Wildman–Crippen MR) is 157 cm³/mol. The molecule has 0 radical (unpaired) electrons. The van der Waals surface area contributed by atoms with Crippen LogP contribution in [0.25, 0.3) is 0 Å². The number of likely N-dealkylation sites (N-methyl/N-ethyl adjacent to an activating group) is 1. The van der Waals surface area contributed by atoms with E-state index in [0.29, 0.717) is 34.3 Å². The molecule has 0 aromatic heterocycles. The van der Waals surface area contributed by atoms with E-state index >= 15 is 0 Å². The highest BCUT2D eigenvalue weighted by atomic mass is 35.5. The first-order valence-electron chi connectivity index (χ1n) is 12.7. The molecule has 1 N–H and O–H groups in total. The maximum Gasteiger partial charge on any atom is 0.243 e. The van der Waals surface area contributed by atoms with Crippen molar-refractivity contribution in [2.24, 2.45) is 0 Å². The molecule has 7 nitrogen and oxygen atoms in total. The SMILES string of the molecule is CCNC(=O)[C@H](Cc1ccccc1)N(Cc1c(Cl)cccc1Cl)C(=O)CCCN(c1ccccc1)S(C)(=O)=O. The van der Waals surface area contributed by atoms with E-state index in [4.69, 9.17) is 23.2 Å². The smallest absolute Gasteiger partial charge is 0.243 e. The highest BCUT2D eigenvalue weighted by molar-refractivity contribution is 7.92. The van der Waals surface area contributed by atoms with Crippen LogP contribution in [0.5, 0.6) is 0 Å². The molecule has 0 aliphatic heterocycles. The van der Waals surface area contributed by atoms with E-state index in [2.05, 4.69) is 5.32 Å². The van der Waals surface area contributed by atoms with Crippen molar-refractivity contribution in [2.75, 3.05) is 23.7 Å². The number of rotatable bonds is 13. The van der Waals surface area contributed by atoms with E-state index in [-0.39, 0.29) is 37.7 Å². The minimum atomic E-state index is -3.56. The number of hydrogen-bond acceptors (Lipinski definition) is 4. The summed E-state index contributed by atoms with van der Waals surface area (Å²) in [4.78, 5) is 28.6. The normalized spacial score (nSPS) is 12.0. The molecule has 0 saturated heterocycles. The average molecular weight is 591 g/mol. The number of nitrogens with one attached hydrogen (secondary N) is 1. The fraction of sp³-hybridized carbons (Fsp3) is 0.310. The van der Waals surface area contributed by atoms with Crippen LogP contribution in [0, 0.1) is 0 Å². The molecule has 2 amide bonds. The topological polar surface area (TPSA) is 86.8 Å². The third kappa shape index (κ3) is 8.71. The Hall–Kier alpha value is -3.07. The van der Waals surface area contributed by atoms with E-state index in [0.717, 1.165) is 11.8 Å². The van der Waals surface area contributed by atoms with Gasteiger partial charge in [-0.25, -0.2) is 8.42 Å². The third-order valence-corrected chi connectivity index (χ3v) is 8.11. The monoisotopic (exact) mass is 589 g/mol. The molecule has 39 heavy (non-hydrogen) atoms. The molecular formula is C29H33Cl2N3O4S. The van der Waals surface area contributed by atoms with Gasteiger partial charge in [0.25, 0.3) is 0 Å². The van der Waals surface area contributed by atoms with Gasteiger partial charge in [-0.3, -0.25) is 13.9 Å². The summed E-state index contributed by atoms with van der Waals surface area (Å²) in [7, 11) is -3.56. The Balaban J connectivity index is 1.90. The third-order valence-electron chi connectivity index (χ3n) is 6.21. The largest absolute Gasteiger partial charge is 0.355 e. The minimum Gasteiger partial charge on any atom is -0.355 e. The number of para-hydroxylation sites is 1. The molecule has 0 aliphatic rings. The van der Waals surface area contributed by atoms with Gasteiger partial charge in [-0.15, -0.1) is 0 Å². The van der Waals surface area contributed by atoms with E-state index in [1.54, 1.807) is 48.5 Å². The fourth-order valence-electron chi connectivity index (χ4n) is 4.30. The average Bonchev–Trinajstić information content (AvgIpc) is 2.90. The van der Waals surface area contributed by atoms with Gasteiger partial charge in [-0.05, 0) is 43.2 Å². The lowest BCUT2D eigenvalue weighted by atomic mass is 10.0. The number of halogens is 2. The van der Waals surface area contributed by atoms with Crippen LogP contribution in [0.1, 0.15) is 30.9 Å². The second kappa shape index (κ2) is 14.4. The Morgan fingerprint density at radius 1 is 0.897 bits per heavy atom. The standard InChI is InChI=1S/C29H33Cl2N3O4S/c1-3-32-29(36)27(20-22-12-6-4-7-13-22)33(21-24-25(30)16-10-17-26(24)31)28(35)18-11-19-34(39(2,37)38)23-14-8-5-9-15-23/h4-10,12-17,27H,3,11,18-21H2,1-2H3,(H,32,36)/t27-/m0/s1. The van der Waals surface area contributed by atoms with E-state index < -0.39 is 16.1 Å². The molecule has 0 unspecified atom stereocenters. The molecule has 0 aliphatic carbocycles. The molecule has 0 bridgehead atoms. The lowest BCUT2D eigenvalue weighted by Gasteiger charge is -2.32. The molecule has 10 heteroatoms. The van der Waals surface area contributed by atoms with Crippen molar-refractivity contribution in [2.45, 2.75) is 38.8 Å². The Morgan fingerprint density at radius 3 is 2.05 bits per heavy atom. The van der Waals surface area contributed by atoms with Crippen molar-refractivity contribution in [1.82, 2.24) is 10.2 Å². The second-order valence-corrected chi connectivity index (χ2v) is 11.8. The Kier molecular flexibility index (Phi) is 11.2. The summed E-state index contributed by atoms with van der Waals surface area (Å²) in [5.41, 5.74) is 1.96. The molecule has 0 fully saturated rings. The summed E-state index contributed by atoms with van der Waals surface area (Å²) < 4.78 is 26.2. The number of hydrogen-bond donors (Lipinski definition) is 1. The zero-order valence-corrected chi connectivity index (χ0v) is 24.3. The van der Waals surface area contributed by atoms with Crippen LogP contribution < -0.4 is 9.62 Å². The molecule has 0 saturated carbocycles. The van der Waals surface area contributed by atoms with Gasteiger partial charge in [0, 0.05) is 48.1 Å². The zero-order chi connectivity index (χ0) is 28.4. The number of sulfonamides is 1. The van der Waals surface area contributed by atoms with Gasteiger partial charge in [-0.1, -0.05) is 77.8 Å². The first-order chi connectivity index (χ1) is 18.6. The summed E-state index contributed by atoms with van der Waals surface area (Å²) in [5.74, 6) is -0.598. The quantitative estimate of drug-likeness (QED) is 0.292. The number of carbonyl (C=O) groups excluding carboxylic acids is 2. The molecule has 3 aromatic rings. The Labute approximate surface area is 240 Å². The number of nitrogens with zero attached hydrogens (tertiary/aromatic N) is 2. The Bertz CT molecular complexity index is 1340. The maximum absolute atomic E-state index is 13.8. The maximum atomic E-state index is 13.8. The number of benzene rings is 3. The van der Waals surface area contributed by atoms with Crippen LogP contribution in [0.15, 0.2) is 78.9 Å². The van der Waals surface area contributed by atoms with Crippen LogP contribution in [-0.4, -0.2) is 50.5 Å². The predicted octanol–water partition coefficient (Wildman–Crippen LogP) is 5.32. The van der Waals surface area contributed by atoms with Gasteiger partial charge in [-0.2, -0.15) is 0 Å².